The summed E-state index contributed by atoms with van der Waals surface area (Å²) in [5.41, 5.74) is -0.163. The van der Waals surface area contributed by atoms with E-state index in [2.05, 4.69) is 20.5 Å². The third-order valence-electron chi connectivity index (χ3n) is 1.72. The van der Waals surface area contributed by atoms with Crippen molar-refractivity contribution in [2.75, 3.05) is 12.3 Å². The predicted octanol–water partition coefficient (Wildman–Crippen LogP) is -0.398. The van der Waals surface area contributed by atoms with E-state index in [1.165, 1.54) is 23.9 Å². The number of hydrogen-bond donors (Lipinski definition) is 2. The normalized spacial score (nSPS) is 14.8. The summed E-state index contributed by atoms with van der Waals surface area (Å²) in [6.07, 6.45) is 0. The lowest BCUT2D eigenvalue weighted by Gasteiger charge is -2.01. The van der Waals surface area contributed by atoms with E-state index < -0.39 is 0 Å². The van der Waals surface area contributed by atoms with E-state index in [1.807, 2.05) is 0 Å². The number of hydrogen-bond acceptors (Lipinski definition) is 5. The second kappa shape index (κ2) is 4.26. The third-order valence-corrected chi connectivity index (χ3v) is 2.61. The smallest absolute Gasteiger partial charge is 0.277 e. The lowest BCUT2D eigenvalue weighted by molar-refractivity contribution is 0.0972. The minimum absolute atomic E-state index is 0.171. The van der Waals surface area contributed by atoms with Crippen LogP contribution in [-0.4, -0.2) is 33.6 Å². The number of carbonyl (C=O) groups is 1. The molecule has 2 rings (SSSR count). The third kappa shape index (κ3) is 2.44. The van der Waals surface area contributed by atoms with E-state index in [0.717, 1.165) is 12.3 Å². The molecule has 15 heavy (non-hydrogen) atoms. The molecular formula is C8H8N4O2S. The van der Waals surface area contributed by atoms with Crippen LogP contribution in [0, 0.1) is 0 Å². The molecule has 1 aromatic rings. The molecule has 0 fully saturated rings. The SMILES string of the molecule is O=C(NC1=NCCS1)c1ccc(=O)[nH]n1. The molecule has 0 aromatic carbocycles. The lowest BCUT2D eigenvalue weighted by atomic mass is 10.4. The number of H-pyrrole nitrogens is 1. The molecule has 2 N–H and O–H groups in total. The Morgan fingerprint density at radius 1 is 1.53 bits per heavy atom. The first-order valence-electron chi connectivity index (χ1n) is 4.30. The Hall–Kier alpha value is -1.63. The second-order valence-electron chi connectivity index (χ2n) is 2.80. The van der Waals surface area contributed by atoms with Crippen LogP contribution >= 0.6 is 11.8 Å². The molecule has 0 unspecified atom stereocenters. The van der Waals surface area contributed by atoms with Crippen LogP contribution in [0.3, 0.4) is 0 Å². The second-order valence-corrected chi connectivity index (χ2v) is 3.88. The molecule has 1 aliphatic rings. The fourth-order valence-corrected chi connectivity index (χ4v) is 1.77. The highest BCUT2D eigenvalue weighted by Crippen LogP contribution is 2.09. The molecule has 0 aliphatic carbocycles. The molecule has 7 heteroatoms. The van der Waals surface area contributed by atoms with E-state index in [0.29, 0.717) is 5.17 Å². The Kier molecular flexibility index (Phi) is 2.82. The molecule has 0 atom stereocenters. The minimum atomic E-state index is -0.362. The number of thioether (sulfide) groups is 1. The van der Waals surface area contributed by atoms with Gasteiger partial charge in [-0.1, -0.05) is 11.8 Å². The Morgan fingerprint density at radius 2 is 2.40 bits per heavy atom. The maximum absolute atomic E-state index is 11.5. The van der Waals surface area contributed by atoms with Gasteiger partial charge in [0.1, 0.15) is 5.69 Å². The molecule has 2 heterocycles. The molecule has 6 nitrogen and oxygen atoms in total. The fraction of sp³-hybridized carbons (Fsp3) is 0.250. The monoisotopic (exact) mass is 224 g/mol. The first-order valence-corrected chi connectivity index (χ1v) is 5.28. The average Bonchev–Trinajstić information content (AvgIpc) is 2.71. The summed E-state index contributed by atoms with van der Waals surface area (Å²) < 4.78 is 0. The van der Waals surface area contributed by atoms with Crippen LogP contribution in [0.4, 0.5) is 0 Å². The quantitative estimate of drug-likeness (QED) is 0.679. The molecular weight excluding hydrogens is 216 g/mol. The van der Waals surface area contributed by atoms with E-state index >= 15 is 0 Å². The van der Waals surface area contributed by atoms with E-state index in [4.69, 9.17) is 0 Å². The molecule has 78 valence electrons. The minimum Gasteiger partial charge on any atom is -0.300 e. The van der Waals surface area contributed by atoms with E-state index in [9.17, 15) is 9.59 Å². The van der Waals surface area contributed by atoms with Crippen LogP contribution in [0.15, 0.2) is 21.9 Å². The van der Waals surface area contributed by atoms with Gasteiger partial charge in [0.25, 0.3) is 11.5 Å². The highest BCUT2D eigenvalue weighted by molar-refractivity contribution is 8.14. The summed E-state index contributed by atoms with van der Waals surface area (Å²) in [5, 5.41) is 9.01. The van der Waals surface area contributed by atoms with Crippen molar-refractivity contribution in [3.05, 3.63) is 28.2 Å². The van der Waals surface area contributed by atoms with Gasteiger partial charge < -0.3 is 0 Å². The van der Waals surface area contributed by atoms with Gasteiger partial charge in [0.15, 0.2) is 5.17 Å². The molecule has 1 aliphatic heterocycles. The molecule has 0 saturated heterocycles. The number of nitrogens with zero attached hydrogens (tertiary/aromatic N) is 2. The van der Waals surface area contributed by atoms with E-state index in [1.54, 1.807) is 0 Å². The van der Waals surface area contributed by atoms with Crippen molar-refractivity contribution in [2.24, 2.45) is 4.99 Å². The number of aromatic amines is 1. The lowest BCUT2D eigenvalue weighted by Crippen LogP contribution is -2.29. The zero-order valence-corrected chi connectivity index (χ0v) is 8.50. The number of rotatable bonds is 1. The van der Waals surface area contributed by atoms with Gasteiger partial charge >= 0.3 is 0 Å². The van der Waals surface area contributed by atoms with Crippen LogP contribution in [-0.2, 0) is 0 Å². The Labute approximate surface area is 89.2 Å². The average molecular weight is 224 g/mol. The number of carbonyl (C=O) groups excluding carboxylic acids is 1. The number of amidine groups is 1. The van der Waals surface area contributed by atoms with Gasteiger partial charge in [-0.05, 0) is 6.07 Å². The van der Waals surface area contributed by atoms with Gasteiger partial charge in [0.05, 0.1) is 6.54 Å². The maximum atomic E-state index is 11.5. The summed E-state index contributed by atoms with van der Waals surface area (Å²) >= 11 is 1.49. The van der Waals surface area contributed by atoms with Crippen molar-refractivity contribution < 1.29 is 4.79 Å². The molecule has 0 radical (unpaired) electrons. The van der Waals surface area contributed by atoms with E-state index in [-0.39, 0.29) is 17.2 Å². The topological polar surface area (TPSA) is 87.2 Å². The number of amides is 1. The highest BCUT2D eigenvalue weighted by Gasteiger charge is 2.13. The van der Waals surface area contributed by atoms with Gasteiger partial charge in [0.2, 0.25) is 0 Å². The number of aromatic nitrogens is 2. The van der Waals surface area contributed by atoms with Crippen LogP contribution in [0.2, 0.25) is 0 Å². The molecule has 0 saturated carbocycles. The van der Waals surface area contributed by atoms with Gasteiger partial charge in [-0.3, -0.25) is 19.9 Å². The van der Waals surface area contributed by atoms with Crippen molar-refractivity contribution in [3.63, 3.8) is 0 Å². The van der Waals surface area contributed by atoms with Gasteiger partial charge in [-0.15, -0.1) is 0 Å². The molecule has 1 amide bonds. The summed E-state index contributed by atoms with van der Waals surface area (Å²) in [6.45, 7) is 0.722. The van der Waals surface area contributed by atoms with Gasteiger partial charge in [-0.2, -0.15) is 5.10 Å². The summed E-state index contributed by atoms with van der Waals surface area (Å²) in [6, 6.07) is 2.62. The summed E-state index contributed by atoms with van der Waals surface area (Å²) in [5.74, 6) is 0.522. The van der Waals surface area contributed by atoms with Crippen LogP contribution < -0.4 is 10.9 Å². The summed E-state index contributed by atoms with van der Waals surface area (Å²) in [4.78, 5) is 26.3. The standard InChI is InChI=1S/C8H8N4O2S/c13-6-2-1-5(11-12-6)7(14)10-8-9-3-4-15-8/h1-2H,3-4H2,(H,12,13)(H,9,10,14). The van der Waals surface area contributed by atoms with Gasteiger partial charge in [0, 0.05) is 11.8 Å². The molecule has 0 bridgehead atoms. The molecule has 0 spiro atoms. The van der Waals surface area contributed by atoms with Crippen LogP contribution in [0.5, 0.6) is 0 Å². The summed E-state index contributed by atoms with van der Waals surface area (Å²) in [7, 11) is 0. The van der Waals surface area contributed by atoms with Crippen molar-refractivity contribution in [2.45, 2.75) is 0 Å². The fourth-order valence-electron chi connectivity index (χ4n) is 1.04. The maximum Gasteiger partial charge on any atom is 0.277 e. The highest BCUT2D eigenvalue weighted by atomic mass is 32.2. The zero-order valence-electron chi connectivity index (χ0n) is 7.69. The molecule has 1 aromatic heterocycles. The number of aliphatic imine (C=N–C) groups is 1. The Morgan fingerprint density at radius 3 is 3.00 bits per heavy atom. The Balaban J connectivity index is 2.07. The van der Waals surface area contributed by atoms with Crippen LogP contribution in [0.25, 0.3) is 0 Å². The first-order chi connectivity index (χ1) is 7.25. The van der Waals surface area contributed by atoms with Crippen molar-refractivity contribution in [1.82, 2.24) is 15.5 Å². The first kappa shape index (κ1) is 9.91. The Bertz CT molecular complexity index is 447. The van der Waals surface area contributed by atoms with Crippen molar-refractivity contribution in [3.8, 4) is 0 Å². The largest absolute Gasteiger partial charge is 0.300 e. The van der Waals surface area contributed by atoms with Crippen molar-refractivity contribution in [1.29, 1.82) is 0 Å². The van der Waals surface area contributed by atoms with Gasteiger partial charge in [-0.25, -0.2) is 5.10 Å². The van der Waals surface area contributed by atoms with Crippen LogP contribution in [0.1, 0.15) is 10.5 Å². The van der Waals surface area contributed by atoms with Crippen molar-refractivity contribution >= 4 is 22.8 Å². The zero-order chi connectivity index (χ0) is 10.7. The number of nitrogens with one attached hydrogen (secondary N) is 2. The predicted molar refractivity (Wildman–Crippen MR) is 57.1 cm³/mol.